The summed E-state index contributed by atoms with van der Waals surface area (Å²) in [6.07, 6.45) is 6.80. The fourth-order valence-electron chi connectivity index (χ4n) is 3.67. The normalized spacial score (nSPS) is 20.3. The molecule has 0 saturated heterocycles. The molecular formula is C24H32N2OS2. The summed E-state index contributed by atoms with van der Waals surface area (Å²) < 4.78 is 0. The van der Waals surface area contributed by atoms with Gasteiger partial charge in [0, 0.05) is 28.6 Å². The second-order valence-corrected chi connectivity index (χ2v) is 10.5. The van der Waals surface area contributed by atoms with Gasteiger partial charge in [0.15, 0.2) is 0 Å². The van der Waals surface area contributed by atoms with Gasteiger partial charge in [0.2, 0.25) is 5.91 Å². The van der Waals surface area contributed by atoms with E-state index >= 15 is 0 Å². The lowest BCUT2D eigenvalue weighted by Gasteiger charge is -2.31. The van der Waals surface area contributed by atoms with Crippen LogP contribution in [0.15, 0.2) is 47.5 Å². The Balaban J connectivity index is 1.57. The molecule has 1 heterocycles. The zero-order valence-electron chi connectivity index (χ0n) is 17.9. The van der Waals surface area contributed by atoms with Crippen LogP contribution in [0, 0.1) is 13.8 Å². The molecule has 156 valence electrons. The predicted octanol–water partition coefficient (Wildman–Crippen LogP) is 6.05. The van der Waals surface area contributed by atoms with E-state index in [2.05, 4.69) is 37.0 Å². The first-order valence-corrected chi connectivity index (χ1v) is 12.4. The van der Waals surface area contributed by atoms with Gasteiger partial charge >= 0.3 is 0 Å². The van der Waals surface area contributed by atoms with E-state index in [1.165, 1.54) is 41.7 Å². The summed E-state index contributed by atoms with van der Waals surface area (Å²) in [6, 6.07) is 12.6. The number of benzene rings is 1. The molecule has 1 saturated carbocycles. The van der Waals surface area contributed by atoms with E-state index in [4.69, 9.17) is 0 Å². The summed E-state index contributed by atoms with van der Waals surface area (Å²) >= 11 is 3.85. The Kier molecular flexibility index (Phi) is 8.07. The average molecular weight is 429 g/mol. The summed E-state index contributed by atoms with van der Waals surface area (Å²) in [5, 5.41) is 1.13. The predicted molar refractivity (Wildman–Crippen MR) is 126 cm³/mol. The zero-order valence-corrected chi connectivity index (χ0v) is 19.6. The van der Waals surface area contributed by atoms with Gasteiger partial charge < -0.3 is 4.90 Å². The molecule has 5 heteroatoms. The molecule has 3 rings (SSSR count). The minimum Gasteiger partial charge on any atom is -0.337 e. The Hall–Kier alpha value is -1.46. The van der Waals surface area contributed by atoms with Gasteiger partial charge in [-0.3, -0.25) is 9.78 Å². The molecule has 1 amide bonds. The van der Waals surface area contributed by atoms with Gasteiger partial charge in [0.05, 0.1) is 17.5 Å². The first kappa shape index (κ1) is 22.2. The van der Waals surface area contributed by atoms with Crippen LogP contribution in [0.3, 0.4) is 0 Å². The lowest BCUT2D eigenvalue weighted by molar-refractivity contribution is -0.129. The number of nitrogens with zero attached hydrogens (tertiary/aromatic N) is 2. The van der Waals surface area contributed by atoms with Crippen molar-refractivity contribution in [3.63, 3.8) is 0 Å². The van der Waals surface area contributed by atoms with Crippen molar-refractivity contribution in [1.29, 1.82) is 0 Å². The summed E-state index contributed by atoms with van der Waals surface area (Å²) in [4.78, 5) is 20.4. The molecule has 1 fully saturated rings. The highest BCUT2D eigenvalue weighted by atomic mass is 32.2. The molecule has 3 nitrogen and oxygen atoms in total. The molecular weight excluding hydrogens is 396 g/mol. The molecule has 1 aliphatic rings. The first-order chi connectivity index (χ1) is 14.0. The van der Waals surface area contributed by atoms with Gasteiger partial charge in [-0.2, -0.15) is 0 Å². The molecule has 1 aliphatic carbocycles. The quantitative estimate of drug-likeness (QED) is 0.537. The van der Waals surface area contributed by atoms with Gasteiger partial charge in [-0.1, -0.05) is 25.0 Å². The topological polar surface area (TPSA) is 33.2 Å². The highest BCUT2D eigenvalue weighted by molar-refractivity contribution is 8.04. The number of hydrogen-bond acceptors (Lipinski definition) is 4. The van der Waals surface area contributed by atoms with Crippen molar-refractivity contribution in [2.24, 2.45) is 0 Å². The number of thioether (sulfide) groups is 2. The van der Waals surface area contributed by atoms with Crippen LogP contribution in [-0.2, 0) is 4.79 Å². The molecule has 0 bridgehead atoms. The number of aryl methyl sites for hydroxylation is 2. The van der Waals surface area contributed by atoms with Crippen molar-refractivity contribution >= 4 is 29.4 Å². The molecule has 0 spiro atoms. The summed E-state index contributed by atoms with van der Waals surface area (Å²) in [5.41, 5.74) is 3.64. The summed E-state index contributed by atoms with van der Waals surface area (Å²) in [5.74, 6) is 0.733. The number of hydrogen-bond donors (Lipinski definition) is 0. The molecule has 2 aromatic rings. The maximum atomic E-state index is 12.8. The van der Waals surface area contributed by atoms with Crippen molar-refractivity contribution in [3.8, 4) is 0 Å². The molecule has 3 atom stereocenters. The highest BCUT2D eigenvalue weighted by Crippen LogP contribution is 2.40. The Bertz CT molecular complexity index is 812. The van der Waals surface area contributed by atoms with E-state index in [-0.39, 0.29) is 11.9 Å². The monoisotopic (exact) mass is 428 g/mol. The molecule has 0 radical (unpaired) electrons. The molecule has 3 unspecified atom stereocenters. The zero-order chi connectivity index (χ0) is 20.8. The third kappa shape index (κ3) is 6.02. The third-order valence-electron chi connectivity index (χ3n) is 5.92. The van der Waals surface area contributed by atoms with Crippen molar-refractivity contribution in [3.05, 3.63) is 59.4 Å². The standard InChI is InChI=1S/C24H32N2OS2/c1-17-12-13-20(15-18(17)2)29-23-11-6-5-10-22(23)28-16-24(27)26(4)19(3)21-9-7-8-14-25-21/h7-9,12-15,19,22-23H,5-6,10-11,16H2,1-4H3. The lowest BCUT2D eigenvalue weighted by Crippen LogP contribution is -2.33. The van der Waals surface area contributed by atoms with Crippen molar-refractivity contribution in [2.45, 2.75) is 67.9 Å². The Morgan fingerprint density at radius 2 is 1.90 bits per heavy atom. The SMILES string of the molecule is Cc1ccc(SC2CCCCC2SCC(=O)N(C)C(C)c2ccccn2)cc1C. The minimum atomic E-state index is -0.00337. The number of amides is 1. The van der Waals surface area contributed by atoms with Crippen molar-refractivity contribution in [1.82, 2.24) is 9.88 Å². The smallest absolute Gasteiger partial charge is 0.232 e. The number of carbonyl (C=O) groups excluding carboxylic acids is 1. The van der Waals surface area contributed by atoms with Gasteiger partial charge in [-0.25, -0.2) is 0 Å². The Labute approximate surface area is 184 Å². The van der Waals surface area contributed by atoms with Crippen LogP contribution in [0.1, 0.15) is 55.5 Å². The van der Waals surface area contributed by atoms with Gasteiger partial charge in [-0.15, -0.1) is 23.5 Å². The fraction of sp³-hybridized carbons (Fsp3) is 0.500. The van der Waals surface area contributed by atoms with Crippen LogP contribution in [0.2, 0.25) is 0 Å². The van der Waals surface area contributed by atoms with Gasteiger partial charge in [-0.05, 0) is 69.0 Å². The fourth-order valence-corrected chi connectivity index (χ4v) is 6.63. The third-order valence-corrected chi connectivity index (χ3v) is 8.89. The first-order valence-electron chi connectivity index (χ1n) is 10.5. The highest BCUT2D eigenvalue weighted by Gasteiger charge is 2.28. The molecule has 0 aliphatic heterocycles. The van der Waals surface area contributed by atoms with E-state index in [1.807, 2.05) is 60.6 Å². The number of pyridine rings is 1. The van der Waals surface area contributed by atoms with Crippen molar-refractivity contribution in [2.75, 3.05) is 12.8 Å². The minimum absolute atomic E-state index is 0.00337. The van der Waals surface area contributed by atoms with Crippen molar-refractivity contribution < 1.29 is 4.79 Å². The van der Waals surface area contributed by atoms with Gasteiger partial charge in [0.25, 0.3) is 0 Å². The maximum absolute atomic E-state index is 12.8. The second-order valence-electron chi connectivity index (χ2n) is 7.97. The molecule has 29 heavy (non-hydrogen) atoms. The molecule has 1 aromatic heterocycles. The van der Waals surface area contributed by atoms with Crippen LogP contribution in [0.5, 0.6) is 0 Å². The summed E-state index contributed by atoms with van der Waals surface area (Å²) in [7, 11) is 1.89. The van der Waals surface area contributed by atoms with Crippen LogP contribution in [-0.4, -0.2) is 39.1 Å². The van der Waals surface area contributed by atoms with Crippen LogP contribution in [0.25, 0.3) is 0 Å². The Morgan fingerprint density at radius 3 is 2.59 bits per heavy atom. The van der Waals surface area contributed by atoms with E-state index in [0.717, 1.165) is 5.69 Å². The number of rotatable bonds is 7. The van der Waals surface area contributed by atoms with E-state index < -0.39 is 0 Å². The lowest BCUT2D eigenvalue weighted by atomic mass is 10.00. The Morgan fingerprint density at radius 1 is 1.14 bits per heavy atom. The largest absolute Gasteiger partial charge is 0.337 e. The second kappa shape index (κ2) is 10.5. The molecule has 0 N–H and O–H groups in total. The summed E-state index contributed by atoms with van der Waals surface area (Å²) in [6.45, 7) is 6.39. The maximum Gasteiger partial charge on any atom is 0.232 e. The van der Waals surface area contributed by atoms with E-state index in [1.54, 1.807) is 6.20 Å². The number of carbonyl (C=O) groups is 1. The van der Waals surface area contributed by atoms with Crippen LogP contribution < -0.4 is 0 Å². The number of aromatic nitrogens is 1. The van der Waals surface area contributed by atoms with Crippen LogP contribution in [0.4, 0.5) is 0 Å². The molecule has 1 aromatic carbocycles. The average Bonchev–Trinajstić information content (AvgIpc) is 2.75. The van der Waals surface area contributed by atoms with E-state index in [9.17, 15) is 4.79 Å². The van der Waals surface area contributed by atoms with Crippen LogP contribution >= 0.6 is 23.5 Å². The van der Waals surface area contributed by atoms with Gasteiger partial charge in [0.1, 0.15) is 0 Å². The van der Waals surface area contributed by atoms with E-state index in [0.29, 0.717) is 16.3 Å².